The van der Waals surface area contributed by atoms with Crippen molar-refractivity contribution < 1.29 is 19.0 Å². The van der Waals surface area contributed by atoms with E-state index in [1.807, 2.05) is 12.1 Å². The van der Waals surface area contributed by atoms with Gasteiger partial charge in [-0.1, -0.05) is 12.8 Å². The zero-order valence-electron chi connectivity index (χ0n) is 12.8. The Hall–Kier alpha value is -1.84. The van der Waals surface area contributed by atoms with E-state index >= 15 is 0 Å². The fourth-order valence-corrected chi connectivity index (χ4v) is 3.17. The zero-order valence-corrected chi connectivity index (χ0v) is 12.8. The molecule has 0 spiro atoms. The average Bonchev–Trinajstić information content (AvgIpc) is 2.97. The van der Waals surface area contributed by atoms with Gasteiger partial charge in [0, 0.05) is 12.7 Å². The Morgan fingerprint density at radius 1 is 1.19 bits per heavy atom. The number of ether oxygens (including phenoxy) is 3. The number of aliphatic imine (C=N–C) groups is 1. The van der Waals surface area contributed by atoms with Gasteiger partial charge in [-0.25, -0.2) is 4.79 Å². The molecule has 0 bridgehead atoms. The molecule has 1 saturated carbocycles. The molecule has 0 heterocycles. The highest BCUT2D eigenvalue weighted by Crippen LogP contribution is 2.48. The number of methoxy groups -OCH3 is 3. The highest BCUT2D eigenvalue weighted by atomic mass is 16.5. The van der Waals surface area contributed by atoms with Gasteiger partial charge >= 0.3 is 0 Å². The first-order valence-corrected chi connectivity index (χ1v) is 7.04. The second-order valence-electron chi connectivity index (χ2n) is 5.20. The molecular weight excluding hydrogens is 270 g/mol. The van der Waals surface area contributed by atoms with Gasteiger partial charge in [-0.2, -0.15) is 4.99 Å². The van der Waals surface area contributed by atoms with Gasteiger partial charge in [0.25, 0.3) is 0 Å². The predicted molar refractivity (Wildman–Crippen MR) is 78.5 cm³/mol. The first kappa shape index (κ1) is 15.5. The third kappa shape index (κ3) is 2.80. The number of hydrogen-bond donors (Lipinski definition) is 0. The van der Waals surface area contributed by atoms with E-state index in [-0.39, 0.29) is 0 Å². The Kier molecular flexibility index (Phi) is 4.99. The van der Waals surface area contributed by atoms with Crippen LogP contribution in [-0.4, -0.2) is 27.4 Å². The van der Waals surface area contributed by atoms with Gasteiger partial charge in [-0.15, -0.1) is 0 Å². The zero-order chi connectivity index (χ0) is 15.3. The molecule has 5 nitrogen and oxygen atoms in total. The molecule has 0 atom stereocenters. The fraction of sp³-hybridized carbons (Fsp3) is 0.562. The van der Waals surface area contributed by atoms with Crippen LogP contribution in [0, 0.1) is 0 Å². The van der Waals surface area contributed by atoms with Crippen molar-refractivity contribution in [2.24, 2.45) is 4.99 Å². The molecule has 0 aliphatic heterocycles. The van der Waals surface area contributed by atoms with E-state index in [2.05, 4.69) is 4.99 Å². The largest absolute Gasteiger partial charge is 0.496 e. The summed E-state index contributed by atoms with van der Waals surface area (Å²) in [5.74, 6) is 1.40. The lowest BCUT2D eigenvalue weighted by atomic mass is 9.86. The van der Waals surface area contributed by atoms with Gasteiger partial charge in [0.05, 0.1) is 26.4 Å². The van der Waals surface area contributed by atoms with E-state index in [1.165, 1.54) is 0 Å². The van der Waals surface area contributed by atoms with Crippen molar-refractivity contribution >= 4 is 6.08 Å². The normalized spacial score (nSPS) is 16.3. The van der Waals surface area contributed by atoms with Gasteiger partial charge in [0.2, 0.25) is 6.08 Å². The molecule has 5 heteroatoms. The molecule has 0 amide bonds. The molecule has 2 rings (SSSR count). The molecular formula is C16H21NO4. The molecule has 114 valence electrons. The van der Waals surface area contributed by atoms with Crippen LogP contribution >= 0.6 is 0 Å². The van der Waals surface area contributed by atoms with Gasteiger partial charge in [-0.3, -0.25) is 0 Å². The number of hydrogen-bond acceptors (Lipinski definition) is 5. The molecule has 0 radical (unpaired) electrons. The predicted octanol–water partition coefficient (Wildman–Crippen LogP) is 2.96. The maximum Gasteiger partial charge on any atom is 0.235 e. The van der Waals surface area contributed by atoms with Gasteiger partial charge in [0.1, 0.15) is 17.0 Å². The van der Waals surface area contributed by atoms with Crippen molar-refractivity contribution in [1.29, 1.82) is 0 Å². The van der Waals surface area contributed by atoms with Crippen LogP contribution in [-0.2, 0) is 21.7 Å². The van der Waals surface area contributed by atoms with Crippen molar-refractivity contribution in [1.82, 2.24) is 0 Å². The maximum absolute atomic E-state index is 10.9. The van der Waals surface area contributed by atoms with Crippen LogP contribution in [0.5, 0.6) is 11.5 Å². The van der Waals surface area contributed by atoms with Crippen molar-refractivity contribution in [3.63, 3.8) is 0 Å². The van der Waals surface area contributed by atoms with Crippen LogP contribution in [0.15, 0.2) is 17.1 Å². The number of carbonyl (C=O) groups excluding carboxylic acids is 1. The van der Waals surface area contributed by atoms with E-state index < -0.39 is 5.54 Å². The van der Waals surface area contributed by atoms with Crippen LogP contribution in [0.2, 0.25) is 0 Å². The van der Waals surface area contributed by atoms with E-state index in [4.69, 9.17) is 14.2 Å². The van der Waals surface area contributed by atoms with Crippen LogP contribution in [0.1, 0.15) is 36.8 Å². The van der Waals surface area contributed by atoms with Crippen molar-refractivity contribution in [2.45, 2.75) is 37.8 Å². The Balaban J connectivity index is 2.62. The highest BCUT2D eigenvalue weighted by Gasteiger charge is 2.39. The van der Waals surface area contributed by atoms with Gasteiger partial charge in [-0.05, 0) is 25.0 Å². The Bertz CT molecular complexity index is 543. The quantitative estimate of drug-likeness (QED) is 0.597. The summed E-state index contributed by atoms with van der Waals surface area (Å²) in [6.07, 6.45) is 5.48. The van der Waals surface area contributed by atoms with E-state index in [1.54, 1.807) is 27.4 Å². The molecule has 1 aliphatic carbocycles. The SMILES string of the molecule is COCc1c(OC)ccc(C2(N=C=O)CCCC2)c1OC. The Morgan fingerprint density at radius 3 is 2.43 bits per heavy atom. The monoisotopic (exact) mass is 291 g/mol. The summed E-state index contributed by atoms with van der Waals surface area (Å²) >= 11 is 0. The number of rotatable bonds is 6. The molecule has 21 heavy (non-hydrogen) atoms. The smallest absolute Gasteiger partial charge is 0.235 e. The topological polar surface area (TPSA) is 57.1 Å². The van der Waals surface area contributed by atoms with E-state index in [0.29, 0.717) is 18.1 Å². The highest BCUT2D eigenvalue weighted by molar-refractivity contribution is 5.54. The molecule has 1 aromatic carbocycles. The third-order valence-electron chi connectivity index (χ3n) is 4.12. The maximum atomic E-state index is 10.9. The molecule has 0 aromatic heterocycles. The molecule has 1 aromatic rings. The molecule has 1 aliphatic rings. The second kappa shape index (κ2) is 6.74. The lowest BCUT2D eigenvalue weighted by Gasteiger charge is -2.27. The summed E-state index contributed by atoms with van der Waals surface area (Å²) in [4.78, 5) is 15.0. The van der Waals surface area contributed by atoms with Gasteiger partial charge in [0.15, 0.2) is 0 Å². The molecule has 0 unspecified atom stereocenters. The number of benzene rings is 1. The van der Waals surface area contributed by atoms with Crippen molar-refractivity contribution in [3.05, 3.63) is 23.3 Å². The standard InChI is InChI=1S/C16H21NO4/c1-19-10-12-14(20-2)7-6-13(15(12)21-3)16(17-11-18)8-4-5-9-16/h6-7H,4-5,8-10H2,1-3H3. The van der Waals surface area contributed by atoms with Crippen LogP contribution in [0.3, 0.4) is 0 Å². The van der Waals surface area contributed by atoms with Crippen molar-refractivity contribution in [3.8, 4) is 11.5 Å². The summed E-state index contributed by atoms with van der Waals surface area (Å²) in [5.41, 5.74) is 1.23. The second-order valence-corrected chi connectivity index (χ2v) is 5.20. The lowest BCUT2D eigenvalue weighted by Crippen LogP contribution is -2.21. The minimum atomic E-state index is -0.526. The fourth-order valence-electron chi connectivity index (χ4n) is 3.17. The van der Waals surface area contributed by atoms with E-state index in [0.717, 1.165) is 36.8 Å². The van der Waals surface area contributed by atoms with E-state index in [9.17, 15) is 4.79 Å². The van der Waals surface area contributed by atoms with Crippen LogP contribution in [0.25, 0.3) is 0 Å². The minimum absolute atomic E-state index is 0.376. The van der Waals surface area contributed by atoms with Gasteiger partial charge < -0.3 is 14.2 Å². The lowest BCUT2D eigenvalue weighted by molar-refractivity contribution is 0.177. The first-order chi connectivity index (χ1) is 10.2. The van der Waals surface area contributed by atoms with Crippen LogP contribution in [0.4, 0.5) is 0 Å². The third-order valence-corrected chi connectivity index (χ3v) is 4.12. The summed E-state index contributed by atoms with van der Waals surface area (Å²) in [6.45, 7) is 0.376. The van der Waals surface area contributed by atoms with Crippen molar-refractivity contribution in [2.75, 3.05) is 21.3 Å². The summed E-state index contributed by atoms with van der Waals surface area (Å²) in [5, 5.41) is 0. The summed E-state index contributed by atoms with van der Waals surface area (Å²) in [6, 6.07) is 3.82. The Labute approximate surface area is 124 Å². The summed E-state index contributed by atoms with van der Waals surface area (Å²) in [7, 11) is 4.85. The summed E-state index contributed by atoms with van der Waals surface area (Å²) < 4.78 is 16.2. The molecule has 0 N–H and O–H groups in total. The molecule has 0 saturated heterocycles. The first-order valence-electron chi connectivity index (χ1n) is 7.04. The average molecular weight is 291 g/mol. The number of nitrogens with zero attached hydrogens (tertiary/aromatic N) is 1. The molecule has 1 fully saturated rings. The number of isocyanates is 1. The Morgan fingerprint density at radius 2 is 1.90 bits per heavy atom. The minimum Gasteiger partial charge on any atom is -0.496 e. The van der Waals surface area contributed by atoms with Crippen LogP contribution < -0.4 is 9.47 Å².